The van der Waals surface area contributed by atoms with Gasteiger partial charge in [0.1, 0.15) is 5.75 Å². The number of nitrogens with two attached hydrogens (primary N) is 1. The van der Waals surface area contributed by atoms with Crippen LogP contribution in [0, 0.1) is 20.8 Å². The highest BCUT2D eigenvalue weighted by molar-refractivity contribution is 5.48. The van der Waals surface area contributed by atoms with Gasteiger partial charge in [-0.25, -0.2) is 0 Å². The third kappa shape index (κ3) is 3.47. The van der Waals surface area contributed by atoms with E-state index in [9.17, 15) is 0 Å². The summed E-state index contributed by atoms with van der Waals surface area (Å²) in [4.78, 5) is 2.27. The Labute approximate surface area is 111 Å². The number of aryl methyl sites for hydroxylation is 1. The fraction of sp³-hybridized carbons (Fsp3) is 0.600. The van der Waals surface area contributed by atoms with E-state index in [0.29, 0.717) is 0 Å². The Hall–Kier alpha value is -1.06. The molecule has 0 aliphatic heterocycles. The van der Waals surface area contributed by atoms with Crippen molar-refractivity contribution in [1.29, 1.82) is 0 Å². The molecule has 1 unspecified atom stereocenters. The molecule has 0 saturated heterocycles. The number of ether oxygens (including phenoxy) is 1. The molecule has 18 heavy (non-hydrogen) atoms. The molecule has 0 fully saturated rings. The minimum absolute atomic E-state index is 0.204. The van der Waals surface area contributed by atoms with E-state index in [1.165, 1.54) is 22.3 Å². The Morgan fingerprint density at radius 3 is 2.39 bits per heavy atom. The molecule has 1 rings (SSSR count). The van der Waals surface area contributed by atoms with Gasteiger partial charge in [-0.15, -0.1) is 0 Å². The summed E-state index contributed by atoms with van der Waals surface area (Å²) in [5.74, 6) is 0.976. The number of nitrogens with zero attached hydrogens (tertiary/aromatic N) is 1. The molecule has 0 aliphatic carbocycles. The zero-order chi connectivity index (χ0) is 13.9. The molecule has 0 aromatic heterocycles. The number of benzene rings is 1. The molecule has 0 heterocycles. The lowest BCUT2D eigenvalue weighted by molar-refractivity contribution is 0.308. The third-order valence-corrected chi connectivity index (χ3v) is 3.46. The highest BCUT2D eigenvalue weighted by atomic mass is 16.5. The van der Waals surface area contributed by atoms with Crippen molar-refractivity contribution in [3.63, 3.8) is 0 Å². The van der Waals surface area contributed by atoms with Gasteiger partial charge in [0.05, 0.1) is 7.11 Å². The number of methoxy groups -OCH3 is 1. The lowest BCUT2D eigenvalue weighted by Gasteiger charge is -2.23. The smallest absolute Gasteiger partial charge is 0.122 e. The van der Waals surface area contributed by atoms with Gasteiger partial charge in [0.25, 0.3) is 0 Å². The van der Waals surface area contributed by atoms with E-state index >= 15 is 0 Å². The summed E-state index contributed by atoms with van der Waals surface area (Å²) in [6, 6.07) is 2.33. The molecule has 102 valence electrons. The Morgan fingerprint density at radius 1 is 1.28 bits per heavy atom. The van der Waals surface area contributed by atoms with Crippen LogP contribution in [0.5, 0.6) is 5.75 Å². The molecule has 1 aromatic carbocycles. The Balaban J connectivity index is 2.99. The minimum Gasteiger partial charge on any atom is -0.496 e. The summed E-state index contributed by atoms with van der Waals surface area (Å²) in [6.45, 7) is 10.3. The Bertz CT molecular complexity index is 413. The molecular formula is C15H26N2O. The predicted octanol–water partition coefficient (Wildman–Crippen LogP) is 2.40. The van der Waals surface area contributed by atoms with Crippen LogP contribution in [-0.4, -0.2) is 31.6 Å². The molecule has 0 aliphatic rings. The van der Waals surface area contributed by atoms with Crippen molar-refractivity contribution in [3.05, 3.63) is 28.3 Å². The second-order valence-corrected chi connectivity index (χ2v) is 5.30. The quantitative estimate of drug-likeness (QED) is 0.872. The molecular weight excluding hydrogens is 224 g/mol. The maximum atomic E-state index is 5.84. The lowest BCUT2D eigenvalue weighted by Crippen LogP contribution is -2.32. The van der Waals surface area contributed by atoms with Crippen LogP contribution in [0.15, 0.2) is 6.07 Å². The van der Waals surface area contributed by atoms with Gasteiger partial charge >= 0.3 is 0 Å². The summed E-state index contributed by atoms with van der Waals surface area (Å²) in [6.07, 6.45) is 0. The standard InChI is InChI=1S/C15H26N2O/c1-10-7-15(18-6)13(4)12(3)14(10)9-17(5)8-11(2)16/h7,11H,8-9,16H2,1-6H3. The highest BCUT2D eigenvalue weighted by Crippen LogP contribution is 2.28. The topological polar surface area (TPSA) is 38.5 Å². The van der Waals surface area contributed by atoms with Crippen molar-refractivity contribution in [2.24, 2.45) is 5.73 Å². The van der Waals surface area contributed by atoms with Gasteiger partial charge in [0.2, 0.25) is 0 Å². The normalized spacial score (nSPS) is 12.9. The lowest BCUT2D eigenvalue weighted by atomic mass is 9.97. The van der Waals surface area contributed by atoms with Gasteiger partial charge in [0.15, 0.2) is 0 Å². The number of likely N-dealkylation sites (N-methyl/N-ethyl adjacent to an activating group) is 1. The van der Waals surface area contributed by atoms with E-state index in [0.717, 1.165) is 18.8 Å². The molecule has 0 spiro atoms. The zero-order valence-electron chi connectivity index (χ0n) is 12.5. The van der Waals surface area contributed by atoms with Crippen molar-refractivity contribution in [3.8, 4) is 5.75 Å². The van der Waals surface area contributed by atoms with Gasteiger partial charge in [0, 0.05) is 19.1 Å². The summed E-state index contributed by atoms with van der Waals surface area (Å²) >= 11 is 0. The molecule has 2 N–H and O–H groups in total. The summed E-state index contributed by atoms with van der Waals surface area (Å²) < 4.78 is 5.40. The molecule has 0 bridgehead atoms. The highest BCUT2D eigenvalue weighted by Gasteiger charge is 2.12. The van der Waals surface area contributed by atoms with E-state index in [1.54, 1.807) is 7.11 Å². The first kappa shape index (κ1) is 15.0. The van der Waals surface area contributed by atoms with Crippen molar-refractivity contribution in [1.82, 2.24) is 4.90 Å². The largest absolute Gasteiger partial charge is 0.496 e. The molecule has 1 atom stereocenters. The van der Waals surface area contributed by atoms with Crippen LogP contribution in [0.4, 0.5) is 0 Å². The SMILES string of the molecule is COc1cc(C)c(CN(C)CC(C)N)c(C)c1C. The van der Waals surface area contributed by atoms with E-state index < -0.39 is 0 Å². The Morgan fingerprint density at radius 2 is 1.89 bits per heavy atom. The van der Waals surface area contributed by atoms with Crippen molar-refractivity contribution >= 4 is 0 Å². The van der Waals surface area contributed by atoms with Crippen LogP contribution in [0.3, 0.4) is 0 Å². The van der Waals surface area contributed by atoms with Crippen molar-refractivity contribution in [2.45, 2.75) is 40.3 Å². The maximum absolute atomic E-state index is 5.84. The van der Waals surface area contributed by atoms with Crippen molar-refractivity contribution < 1.29 is 4.74 Å². The van der Waals surface area contributed by atoms with Crippen LogP contribution >= 0.6 is 0 Å². The molecule has 3 nitrogen and oxygen atoms in total. The van der Waals surface area contributed by atoms with Crippen LogP contribution in [0.25, 0.3) is 0 Å². The minimum atomic E-state index is 0.204. The van der Waals surface area contributed by atoms with Gasteiger partial charge in [-0.05, 0) is 63.1 Å². The predicted molar refractivity (Wildman–Crippen MR) is 77.2 cm³/mol. The molecule has 0 radical (unpaired) electrons. The van der Waals surface area contributed by atoms with E-state index in [2.05, 4.69) is 38.8 Å². The van der Waals surface area contributed by atoms with Gasteiger partial charge < -0.3 is 15.4 Å². The molecule has 0 saturated carbocycles. The average molecular weight is 250 g/mol. The Kier molecular flexibility index (Phi) is 5.17. The fourth-order valence-corrected chi connectivity index (χ4v) is 2.38. The van der Waals surface area contributed by atoms with Crippen LogP contribution in [0.2, 0.25) is 0 Å². The molecule has 3 heteroatoms. The second-order valence-electron chi connectivity index (χ2n) is 5.30. The second kappa shape index (κ2) is 6.21. The van der Waals surface area contributed by atoms with Crippen LogP contribution < -0.4 is 10.5 Å². The fourth-order valence-electron chi connectivity index (χ4n) is 2.38. The summed E-state index contributed by atoms with van der Waals surface area (Å²) in [5, 5.41) is 0. The van der Waals surface area contributed by atoms with Gasteiger partial charge in [-0.3, -0.25) is 0 Å². The van der Waals surface area contributed by atoms with Gasteiger partial charge in [-0.1, -0.05) is 0 Å². The summed E-state index contributed by atoms with van der Waals surface area (Å²) in [7, 11) is 3.84. The number of hydrogen-bond acceptors (Lipinski definition) is 3. The molecule has 1 aromatic rings. The first-order valence-corrected chi connectivity index (χ1v) is 6.44. The molecule has 0 amide bonds. The van der Waals surface area contributed by atoms with E-state index in [4.69, 9.17) is 10.5 Å². The van der Waals surface area contributed by atoms with Crippen LogP contribution in [-0.2, 0) is 6.54 Å². The van der Waals surface area contributed by atoms with Gasteiger partial charge in [-0.2, -0.15) is 0 Å². The first-order valence-electron chi connectivity index (χ1n) is 6.44. The zero-order valence-corrected chi connectivity index (χ0v) is 12.5. The van der Waals surface area contributed by atoms with Crippen LogP contribution in [0.1, 0.15) is 29.2 Å². The average Bonchev–Trinajstić information content (AvgIpc) is 2.28. The summed E-state index contributed by atoms with van der Waals surface area (Å²) in [5.41, 5.74) is 11.1. The third-order valence-electron chi connectivity index (χ3n) is 3.46. The van der Waals surface area contributed by atoms with E-state index in [-0.39, 0.29) is 6.04 Å². The number of rotatable bonds is 5. The van der Waals surface area contributed by atoms with E-state index in [1.807, 2.05) is 6.92 Å². The number of hydrogen-bond donors (Lipinski definition) is 1. The monoisotopic (exact) mass is 250 g/mol. The maximum Gasteiger partial charge on any atom is 0.122 e. The van der Waals surface area contributed by atoms with Crippen molar-refractivity contribution in [2.75, 3.05) is 20.7 Å². The first-order chi connectivity index (χ1) is 8.36.